The van der Waals surface area contributed by atoms with E-state index in [0.29, 0.717) is 0 Å². The summed E-state index contributed by atoms with van der Waals surface area (Å²) in [5.41, 5.74) is 5.91. The third kappa shape index (κ3) is 14.9. The Kier molecular flexibility index (Phi) is 17.1. The van der Waals surface area contributed by atoms with Crippen molar-refractivity contribution < 1.29 is 0 Å². The number of hydrogen-bond acceptors (Lipinski definition) is 2. The Morgan fingerprint density at radius 1 is 0.511 bits per heavy atom. The lowest BCUT2D eigenvalue weighted by molar-refractivity contribution is 0.182. The van der Waals surface area contributed by atoms with E-state index in [4.69, 9.17) is 0 Å². The highest BCUT2D eigenvalue weighted by Crippen LogP contribution is 2.22. The lowest BCUT2D eigenvalue weighted by atomic mass is 9.90. The van der Waals surface area contributed by atoms with Gasteiger partial charge >= 0.3 is 0 Å². The Hall–Kier alpha value is -2.72. The molecule has 0 atom stereocenters. The number of aryl methyl sites for hydroxylation is 2. The maximum atomic E-state index is 3.41. The second-order valence-corrected chi connectivity index (χ2v) is 13.5. The predicted octanol–water partition coefficient (Wildman–Crippen LogP) is 9.82. The summed E-state index contributed by atoms with van der Waals surface area (Å²) in [7, 11) is 0. The molecule has 2 heterocycles. The van der Waals surface area contributed by atoms with Gasteiger partial charge in [0.25, 0.3) is 0 Å². The van der Waals surface area contributed by atoms with Gasteiger partial charge in [-0.3, -0.25) is 0 Å². The standard InChI is InChI=1S/C21H27N.C12H17N.C9H11Br/c1-3-8-19(9-4-1)12-7-15-22-16-13-21(14-17-22)18-20-10-5-2-6-11-20;1-2-4-11(5-3-1)10-12-6-8-13-9-7-12;10-8-4-7-9-5-2-1-3-6-9/h1-6,8-11,21H,7,12-18H2;1-5,12-13H,6-10H2;1-3,5-6H,4,7-8H2. The zero-order valence-electron chi connectivity index (χ0n) is 27.3. The molecule has 0 aromatic heterocycles. The fourth-order valence-electron chi connectivity index (χ4n) is 6.46. The molecule has 2 aliphatic rings. The molecule has 0 radical (unpaired) electrons. The summed E-state index contributed by atoms with van der Waals surface area (Å²) in [5.74, 6) is 1.79. The van der Waals surface area contributed by atoms with Gasteiger partial charge in [0.1, 0.15) is 0 Å². The van der Waals surface area contributed by atoms with Gasteiger partial charge in [-0.1, -0.05) is 137 Å². The van der Waals surface area contributed by atoms with E-state index in [2.05, 4.69) is 147 Å². The number of rotatable bonds is 11. The Balaban J connectivity index is 0.000000170. The van der Waals surface area contributed by atoms with E-state index in [-0.39, 0.29) is 0 Å². The molecule has 2 nitrogen and oxygen atoms in total. The molecule has 2 aliphatic heterocycles. The first-order valence-corrected chi connectivity index (χ1v) is 18.6. The number of nitrogens with zero attached hydrogens (tertiary/aromatic N) is 1. The SMILES string of the molecule is BrCCCc1ccccc1.c1ccc(CC2CCNCC2)cc1.c1ccc(CCCN2CCC(Cc3ccccc3)CC2)cc1. The number of hydrogen-bond donors (Lipinski definition) is 1. The summed E-state index contributed by atoms with van der Waals surface area (Å²) in [6.07, 6.45) is 12.8. The zero-order valence-corrected chi connectivity index (χ0v) is 28.9. The van der Waals surface area contributed by atoms with Crippen molar-refractivity contribution in [1.29, 1.82) is 0 Å². The summed E-state index contributed by atoms with van der Waals surface area (Å²) in [4.78, 5) is 2.66. The third-order valence-electron chi connectivity index (χ3n) is 9.12. The summed E-state index contributed by atoms with van der Waals surface area (Å²) in [6, 6.07) is 43.2. The molecule has 0 unspecified atom stereocenters. The van der Waals surface area contributed by atoms with E-state index in [1.165, 1.54) is 119 Å². The van der Waals surface area contributed by atoms with Crippen molar-refractivity contribution in [2.75, 3.05) is 38.1 Å². The fraction of sp³-hybridized carbons (Fsp3) is 0.429. The molecule has 0 aliphatic carbocycles. The molecule has 2 fully saturated rings. The highest BCUT2D eigenvalue weighted by atomic mass is 79.9. The van der Waals surface area contributed by atoms with Gasteiger partial charge in [-0.2, -0.15) is 0 Å². The van der Waals surface area contributed by atoms with Crippen molar-refractivity contribution in [1.82, 2.24) is 10.2 Å². The van der Waals surface area contributed by atoms with Crippen LogP contribution in [0.1, 0.15) is 60.8 Å². The van der Waals surface area contributed by atoms with Gasteiger partial charge in [0.05, 0.1) is 0 Å². The number of halogens is 1. The molecular weight excluding hydrogens is 612 g/mol. The van der Waals surface area contributed by atoms with E-state index >= 15 is 0 Å². The minimum atomic E-state index is 0.882. The molecule has 4 aromatic rings. The minimum Gasteiger partial charge on any atom is -0.317 e. The van der Waals surface area contributed by atoms with Crippen LogP contribution in [0.5, 0.6) is 0 Å². The molecule has 6 rings (SSSR count). The highest BCUT2D eigenvalue weighted by Gasteiger charge is 2.19. The number of alkyl halides is 1. The molecule has 2 saturated heterocycles. The second-order valence-electron chi connectivity index (χ2n) is 12.7. The van der Waals surface area contributed by atoms with Crippen LogP contribution < -0.4 is 5.32 Å². The molecule has 0 saturated carbocycles. The number of likely N-dealkylation sites (tertiary alicyclic amines) is 1. The molecule has 0 amide bonds. The largest absolute Gasteiger partial charge is 0.317 e. The minimum absolute atomic E-state index is 0.882. The van der Waals surface area contributed by atoms with Gasteiger partial charge < -0.3 is 10.2 Å². The zero-order chi connectivity index (χ0) is 31.2. The topological polar surface area (TPSA) is 15.3 Å². The van der Waals surface area contributed by atoms with E-state index in [9.17, 15) is 0 Å². The Morgan fingerprint density at radius 2 is 0.911 bits per heavy atom. The quantitative estimate of drug-likeness (QED) is 0.160. The number of piperidine rings is 2. The normalized spacial score (nSPS) is 15.8. The first-order valence-electron chi connectivity index (χ1n) is 17.4. The molecular formula is C42H55BrN2. The van der Waals surface area contributed by atoms with E-state index in [0.717, 1.165) is 17.2 Å². The van der Waals surface area contributed by atoms with E-state index < -0.39 is 0 Å². The lowest BCUT2D eigenvalue weighted by Crippen LogP contribution is -2.35. The van der Waals surface area contributed by atoms with Gasteiger partial charge in [-0.25, -0.2) is 0 Å². The van der Waals surface area contributed by atoms with Crippen LogP contribution in [0.2, 0.25) is 0 Å². The van der Waals surface area contributed by atoms with Crippen molar-refractivity contribution in [2.45, 2.75) is 64.2 Å². The summed E-state index contributed by atoms with van der Waals surface area (Å²) in [6.45, 7) is 6.24. The van der Waals surface area contributed by atoms with Crippen LogP contribution in [-0.4, -0.2) is 43.0 Å². The second kappa shape index (κ2) is 21.9. The molecule has 45 heavy (non-hydrogen) atoms. The van der Waals surface area contributed by atoms with Crippen molar-refractivity contribution in [3.05, 3.63) is 144 Å². The van der Waals surface area contributed by atoms with Gasteiger partial charge in [-0.15, -0.1) is 0 Å². The van der Waals surface area contributed by atoms with Gasteiger partial charge in [0.15, 0.2) is 0 Å². The lowest BCUT2D eigenvalue weighted by Gasteiger charge is -2.32. The highest BCUT2D eigenvalue weighted by molar-refractivity contribution is 9.09. The maximum Gasteiger partial charge on any atom is 0.00344 e. The molecule has 240 valence electrons. The van der Waals surface area contributed by atoms with E-state index in [1.807, 2.05) is 0 Å². The fourth-order valence-corrected chi connectivity index (χ4v) is 6.74. The Labute approximate surface area is 282 Å². The van der Waals surface area contributed by atoms with Crippen LogP contribution in [0.4, 0.5) is 0 Å². The Bertz CT molecular complexity index is 1240. The third-order valence-corrected chi connectivity index (χ3v) is 9.69. The first-order chi connectivity index (χ1) is 22.3. The Morgan fingerprint density at radius 3 is 1.36 bits per heavy atom. The molecule has 1 N–H and O–H groups in total. The van der Waals surface area contributed by atoms with Crippen LogP contribution >= 0.6 is 15.9 Å². The van der Waals surface area contributed by atoms with Crippen molar-refractivity contribution in [3.63, 3.8) is 0 Å². The van der Waals surface area contributed by atoms with Gasteiger partial charge in [0.2, 0.25) is 0 Å². The number of nitrogens with one attached hydrogen (secondary N) is 1. The molecule has 3 heteroatoms. The summed E-state index contributed by atoms with van der Waals surface area (Å²) >= 11 is 3.41. The summed E-state index contributed by atoms with van der Waals surface area (Å²) in [5, 5.41) is 4.50. The predicted molar refractivity (Wildman–Crippen MR) is 198 cm³/mol. The van der Waals surface area contributed by atoms with Gasteiger partial charge in [-0.05, 0) is 131 Å². The van der Waals surface area contributed by atoms with Crippen LogP contribution in [-0.2, 0) is 25.7 Å². The van der Waals surface area contributed by atoms with Crippen molar-refractivity contribution in [2.24, 2.45) is 11.8 Å². The molecule has 0 bridgehead atoms. The van der Waals surface area contributed by atoms with E-state index in [1.54, 1.807) is 0 Å². The van der Waals surface area contributed by atoms with Crippen molar-refractivity contribution in [3.8, 4) is 0 Å². The average molecular weight is 668 g/mol. The van der Waals surface area contributed by atoms with Crippen LogP contribution in [0, 0.1) is 11.8 Å². The molecule has 4 aromatic carbocycles. The maximum absolute atomic E-state index is 3.41. The van der Waals surface area contributed by atoms with Crippen molar-refractivity contribution >= 4 is 15.9 Å². The average Bonchev–Trinajstić information content (AvgIpc) is 3.11. The van der Waals surface area contributed by atoms with Crippen LogP contribution in [0.15, 0.2) is 121 Å². The number of benzene rings is 4. The van der Waals surface area contributed by atoms with Crippen LogP contribution in [0.25, 0.3) is 0 Å². The first kappa shape index (κ1) is 35.1. The van der Waals surface area contributed by atoms with Gasteiger partial charge in [0, 0.05) is 5.33 Å². The smallest absolute Gasteiger partial charge is 0.00344 e. The summed E-state index contributed by atoms with van der Waals surface area (Å²) < 4.78 is 0. The molecule has 0 spiro atoms. The van der Waals surface area contributed by atoms with Crippen LogP contribution in [0.3, 0.4) is 0 Å². The monoisotopic (exact) mass is 666 g/mol.